The van der Waals surface area contributed by atoms with E-state index in [4.69, 9.17) is 21.4 Å². The number of benzene rings is 1. The predicted molar refractivity (Wildman–Crippen MR) is 76.1 cm³/mol. The molecule has 0 bridgehead atoms. The van der Waals surface area contributed by atoms with Crippen LogP contribution in [0.2, 0.25) is 5.02 Å². The van der Waals surface area contributed by atoms with Gasteiger partial charge in [-0.1, -0.05) is 11.6 Å². The van der Waals surface area contributed by atoms with Gasteiger partial charge < -0.3 is 9.84 Å². The highest BCUT2D eigenvalue weighted by Gasteiger charge is 2.28. The van der Waals surface area contributed by atoms with E-state index in [1.54, 1.807) is 7.11 Å². The molecular formula is C13H18ClNO4S. The van der Waals surface area contributed by atoms with Gasteiger partial charge in [0.15, 0.2) is 0 Å². The van der Waals surface area contributed by atoms with Crippen molar-refractivity contribution >= 4 is 21.6 Å². The first-order valence-corrected chi connectivity index (χ1v) is 8.27. The summed E-state index contributed by atoms with van der Waals surface area (Å²) in [6, 6.07) is 4.20. The molecule has 0 amide bonds. The minimum atomic E-state index is -3.60. The lowest BCUT2D eigenvalue weighted by Crippen LogP contribution is -2.33. The Hall–Kier alpha value is -0.660. The maximum atomic E-state index is 12.3. The molecule has 0 radical (unpaired) electrons. The lowest BCUT2D eigenvalue weighted by atomic mass is 10.2. The van der Waals surface area contributed by atoms with Crippen molar-refractivity contribution < 1.29 is 18.3 Å². The summed E-state index contributed by atoms with van der Waals surface area (Å²) in [6.45, 7) is -0.294. The van der Waals surface area contributed by atoms with Crippen LogP contribution in [-0.4, -0.2) is 32.8 Å². The average Bonchev–Trinajstić information content (AvgIpc) is 2.86. The van der Waals surface area contributed by atoms with Crippen molar-refractivity contribution in [3.05, 3.63) is 28.8 Å². The summed E-state index contributed by atoms with van der Waals surface area (Å²) in [4.78, 5) is 0.117. The standard InChI is InChI=1S/C13H18ClNO4S/c1-19-11-3-2-10(7-11)15-20(17,18)12-4-5-13(14)9(6-12)8-16/h4-6,10-11,15-16H,2-3,7-8H2,1H3. The van der Waals surface area contributed by atoms with E-state index >= 15 is 0 Å². The van der Waals surface area contributed by atoms with Crippen LogP contribution in [0.5, 0.6) is 0 Å². The fourth-order valence-electron chi connectivity index (χ4n) is 2.39. The van der Waals surface area contributed by atoms with Crippen LogP contribution in [0.15, 0.2) is 23.1 Å². The molecule has 112 valence electrons. The lowest BCUT2D eigenvalue weighted by Gasteiger charge is -2.14. The largest absolute Gasteiger partial charge is 0.392 e. The molecule has 5 nitrogen and oxygen atoms in total. The van der Waals surface area contributed by atoms with Crippen molar-refractivity contribution in [3.8, 4) is 0 Å². The van der Waals surface area contributed by atoms with Gasteiger partial charge in [-0.2, -0.15) is 0 Å². The number of sulfonamides is 1. The van der Waals surface area contributed by atoms with Crippen LogP contribution >= 0.6 is 11.6 Å². The SMILES string of the molecule is COC1CCC(NS(=O)(=O)c2ccc(Cl)c(CO)c2)C1. The molecule has 0 heterocycles. The van der Waals surface area contributed by atoms with Crippen LogP contribution in [-0.2, 0) is 21.4 Å². The van der Waals surface area contributed by atoms with E-state index in [-0.39, 0.29) is 23.6 Å². The minimum absolute atomic E-state index is 0.112. The van der Waals surface area contributed by atoms with Crippen LogP contribution in [0.25, 0.3) is 0 Å². The smallest absolute Gasteiger partial charge is 0.240 e. The van der Waals surface area contributed by atoms with Gasteiger partial charge >= 0.3 is 0 Å². The van der Waals surface area contributed by atoms with Crippen molar-refractivity contribution in [3.63, 3.8) is 0 Å². The Kier molecular flexibility index (Phi) is 5.04. The molecule has 2 unspecified atom stereocenters. The molecule has 2 N–H and O–H groups in total. The molecule has 0 spiro atoms. The van der Waals surface area contributed by atoms with E-state index in [1.165, 1.54) is 18.2 Å². The summed E-state index contributed by atoms with van der Waals surface area (Å²) in [5.74, 6) is 0. The predicted octanol–water partition coefficient (Wildman–Crippen LogP) is 1.68. The van der Waals surface area contributed by atoms with Crippen LogP contribution in [0.4, 0.5) is 0 Å². The van der Waals surface area contributed by atoms with E-state index in [0.29, 0.717) is 17.0 Å². The molecule has 1 saturated carbocycles. The summed E-state index contributed by atoms with van der Waals surface area (Å²) < 4.78 is 32.5. The summed E-state index contributed by atoms with van der Waals surface area (Å²) in [7, 11) is -1.97. The second kappa shape index (κ2) is 6.41. The van der Waals surface area contributed by atoms with E-state index in [0.717, 1.165) is 12.8 Å². The second-order valence-corrected chi connectivity index (χ2v) is 7.02. The van der Waals surface area contributed by atoms with Gasteiger partial charge in [0, 0.05) is 18.2 Å². The Labute approximate surface area is 124 Å². The molecule has 1 aromatic carbocycles. The van der Waals surface area contributed by atoms with Gasteiger partial charge in [0.05, 0.1) is 17.6 Å². The zero-order chi connectivity index (χ0) is 14.8. The van der Waals surface area contributed by atoms with Crippen molar-refractivity contribution in [2.75, 3.05) is 7.11 Å². The highest BCUT2D eigenvalue weighted by molar-refractivity contribution is 7.89. The molecule has 1 aromatic rings. The fraction of sp³-hybridized carbons (Fsp3) is 0.538. The molecule has 1 aliphatic rings. The zero-order valence-electron chi connectivity index (χ0n) is 11.2. The van der Waals surface area contributed by atoms with Gasteiger partial charge in [-0.15, -0.1) is 0 Å². The van der Waals surface area contributed by atoms with E-state index in [9.17, 15) is 8.42 Å². The Morgan fingerprint density at radius 2 is 2.20 bits per heavy atom. The van der Waals surface area contributed by atoms with E-state index in [2.05, 4.69) is 4.72 Å². The summed E-state index contributed by atoms with van der Waals surface area (Å²) >= 11 is 5.86. The van der Waals surface area contributed by atoms with Crippen molar-refractivity contribution in [1.29, 1.82) is 0 Å². The third-order valence-electron chi connectivity index (χ3n) is 3.54. The van der Waals surface area contributed by atoms with Crippen LogP contribution < -0.4 is 4.72 Å². The first-order valence-electron chi connectivity index (χ1n) is 6.40. The molecular weight excluding hydrogens is 302 g/mol. The van der Waals surface area contributed by atoms with Crippen molar-refractivity contribution in [2.45, 2.75) is 42.9 Å². The Morgan fingerprint density at radius 1 is 1.45 bits per heavy atom. The monoisotopic (exact) mass is 319 g/mol. The van der Waals surface area contributed by atoms with Gasteiger partial charge in [0.1, 0.15) is 0 Å². The lowest BCUT2D eigenvalue weighted by molar-refractivity contribution is 0.107. The molecule has 2 rings (SSSR count). The summed E-state index contributed by atoms with van der Waals surface area (Å²) in [5, 5.41) is 9.50. The Bertz CT molecular complexity index is 576. The number of hydrogen-bond acceptors (Lipinski definition) is 4. The van der Waals surface area contributed by atoms with Gasteiger partial charge in [-0.3, -0.25) is 0 Å². The van der Waals surface area contributed by atoms with Gasteiger partial charge in [0.2, 0.25) is 10.0 Å². The molecule has 1 fully saturated rings. The van der Waals surface area contributed by atoms with Crippen LogP contribution in [0.3, 0.4) is 0 Å². The number of methoxy groups -OCH3 is 1. The average molecular weight is 320 g/mol. The minimum Gasteiger partial charge on any atom is -0.392 e. The number of nitrogens with one attached hydrogen (secondary N) is 1. The number of aliphatic hydroxyl groups excluding tert-OH is 1. The maximum Gasteiger partial charge on any atom is 0.240 e. The molecule has 20 heavy (non-hydrogen) atoms. The number of aliphatic hydroxyl groups is 1. The van der Waals surface area contributed by atoms with Crippen LogP contribution in [0.1, 0.15) is 24.8 Å². The fourth-order valence-corrected chi connectivity index (χ4v) is 3.90. The summed E-state index contributed by atoms with van der Waals surface area (Å²) in [5.41, 5.74) is 0.399. The van der Waals surface area contributed by atoms with E-state index in [1.807, 2.05) is 0 Å². The first kappa shape index (κ1) is 15.7. The highest BCUT2D eigenvalue weighted by atomic mass is 35.5. The number of ether oxygens (including phenoxy) is 1. The molecule has 2 atom stereocenters. The molecule has 0 saturated heterocycles. The third-order valence-corrected chi connectivity index (χ3v) is 5.42. The Balaban J connectivity index is 2.14. The van der Waals surface area contributed by atoms with Crippen molar-refractivity contribution in [2.24, 2.45) is 0 Å². The van der Waals surface area contributed by atoms with Gasteiger partial charge in [-0.25, -0.2) is 13.1 Å². The van der Waals surface area contributed by atoms with Crippen molar-refractivity contribution in [1.82, 2.24) is 4.72 Å². The topological polar surface area (TPSA) is 75.6 Å². The normalized spacial score (nSPS) is 23.1. The summed E-state index contributed by atoms with van der Waals surface area (Å²) in [6.07, 6.45) is 2.40. The van der Waals surface area contributed by atoms with Crippen LogP contribution in [0, 0.1) is 0 Å². The molecule has 1 aliphatic carbocycles. The quantitative estimate of drug-likeness (QED) is 0.866. The van der Waals surface area contributed by atoms with Gasteiger partial charge in [0.25, 0.3) is 0 Å². The van der Waals surface area contributed by atoms with E-state index < -0.39 is 10.0 Å². The Morgan fingerprint density at radius 3 is 2.80 bits per heavy atom. The maximum absolute atomic E-state index is 12.3. The molecule has 0 aliphatic heterocycles. The first-order chi connectivity index (χ1) is 9.46. The highest BCUT2D eigenvalue weighted by Crippen LogP contribution is 2.25. The zero-order valence-corrected chi connectivity index (χ0v) is 12.7. The number of halogens is 1. The number of hydrogen-bond donors (Lipinski definition) is 2. The van der Waals surface area contributed by atoms with Gasteiger partial charge in [-0.05, 0) is 43.0 Å². The number of rotatable bonds is 5. The second-order valence-electron chi connectivity index (χ2n) is 4.90. The molecule has 0 aromatic heterocycles. The molecule has 7 heteroatoms. The third kappa shape index (κ3) is 3.51.